The van der Waals surface area contributed by atoms with Crippen LogP contribution in [0, 0.1) is 11.6 Å². The minimum atomic E-state index is -0.613. The van der Waals surface area contributed by atoms with E-state index in [-0.39, 0.29) is 18.5 Å². The third-order valence-corrected chi connectivity index (χ3v) is 5.51. The number of benzene rings is 3. The lowest BCUT2D eigenvalue weighted by atomic mass is 9.98. The van der Waals surface area contributed by atoms with Gasteiger partial charge in [-0.15, -0.1) is 0 Å². The summed E-state index contributed by atoms with van der Waals surface area (Å²) in [6.45, 7) is -0.261. The zero-order valence-electron chi connectivity index (χ0n) is 16.8. The summed E-state index contributed by atoms with van der Waals surface area (Å²) in [5, 5.41) is 3.22. The van der Waals surface area contributed by atoms with Crippen molar-refractivity contribution < 1.29 is 13.6 Å². The van der Waals surface area contributed by atoms with E-state index in [1.54, 1.807) is 42.5 Å². The van der Waals surface area contributed by atoms with Crippen molar-refractivity contribution in [2.75, 3.05) is 0 Å². The van der Waals surface area contributed by atoms with Crippen molar-refractivity contribution in [3.8, 4) is 0 Å². The molecule has 1 aromatic heterocycles. The largest absolute Gasteiger partial charge is 0.347 e. The van der Waals surface area contributed by atoms with Gasteiger partial charge in [0, 0.05) is 4.47 Å². The fourth-order valence-electron chi connectivity index (χ4n) is 3.51. The Balaban J connectivity index is 1.59. The Bertz CT molecular complexity index is 1360. The van der Waals surface area contributed by atoms with E-state index in [9.17, 15) is 18.4 Å². The molecule has 0 saturated heterocycles. The molecule has 0 aliphatic heterocycles. The van der Waals surface area contributed by atoms with E-state index in [2.05, 4.69) is 26.2 Å². The molecule has 0 fully saturated rings. The molecule has 4 rings (SSSR count). The summed E-state index contributed by atoms with van der Waals surface area (Å²) in [4.78, 5) is 29.8. The van der Waals surface area contributed by atoms with Crippen LogP contribution in [0.25, 0.3) is 10.9 Å². The molecule has 0 radical (unpaired) electrons. The van der Waals surface area contributed by atoms with Gasteiger partial charge in [-0.3, -0.25) is 14.2 Å². The predicted octanol–water partition coefficient (Wildman–Crippen LogP) is 4.54. The van der Waals surface area contributed by atoms with Gasteiger partial charge in [-0.1, -0.05) is 40.2 Å². The number of aromatic nitrogens is 2. The fraction of sp³-hybridized carbons (Fsp3) is 0.125. The molecule has 0 bridgehead atoms. The minimum absolute atomic E-state index is 0.255. The predicted molar refractivity (Wildman–Crippen MR) is 121 cm³/mol. The van der Waals surface area contributed by atoms with Crippen LogP contribution in [0.1, 0.15) is 17.2 Å². The lowest BCUT2D eigenvalue weighted by Gasteiger charge is -2.20. The molecule has 0 aliphatic carbocycles. The summed E-state index contributed by atoms with van der Waals surface area (Å²) in [6.07, 6.45) is 1.58. The van der Waals surface area contributed by atoms with E-state index in [1.807, 2.05) is 0 Å². The van der Waals surface area contributed by atoms with Gasteiger partial charge in [0.25, 0.3) is 5.56 Å². The van der Waals surface area contributed by atoms with Crippen LogP contribution in [0.15, 0.2) is 82.3 Å². The van der Waals surface area contributed by atoms with Crippen LogP contribution in [-0.4, -0.2) is 15.5 Å². The molecular weight excluding hydrogens is 480 g/mol. The van der Waals surface area contributed by atoms with Crippen molar-refractivity contribution in [1.82, 2.24) is 14.9 Å². The summed E-state index contributed by atoms with van der Waals surface area (Å²) >= 11 is 3.33. The minimum Gasteiger partial charge on any atom is -0.347 e. The molecule has 0 aliphatic rings. The SMILES string of the molecule is O=C(Cn1cnc2ccc(Br)cc2c1=O)NC(Cc1cccc(F)c1)c1cccc(F)c1. The number of carbonyl (C=O) groups excluding carboxylic acids is 1. The topological polar surface area (TPSA) is 64.0 Å². The van der Waals surface area contributed by atoms with Gasteiger partial charge < -0.3 is 5.32 Å². The molecule has 0 spiro atoms. The lowest BCUT2D eigenvalue weighted by molar-refractivity contribution is -0.122. The summed E-state index contributed by atoms with van der Waals surface area (Å²) in [6, 6.07) is 16.4. The smallest absolute Gasteiger partial charge is 0.261 e. The summed E-state index contributed by atoms with van der Waals surface area (Å²) < 4.78 is 29.4. The molecule has 1 amide bonds. The van der Waals surface area contributed by atoms with E-state index in [1.165, 1.54) is 35.2 Å². The Labute approximate surface area is 190 Å². The van der Waals surface area contributed by atoms with Crippen molar-refractivity contribution in [2.24, 2.45) is 0 Å². The molecule has 32 heavy (non-hydrogen) atoms. The van der Waals surface area contributed by atoms with E-state index < -0.39 is 23.6 Å². The van der Waals surface area contributed by atoms with Crippen molar-refractivity contribution in [3.05, 3.63) is 111 Å². The van der Waals surface area contributed by atoms with Crippen LogP contribution < -0.4 is 10.9 Å². The third-order valence-electron chi connectivity index (χ3n) is 5.02. The van der Waals surface area contributed by atoms with Gasteiger partial charge >= 0.3 is 0 Å². The monoisotopic (exact) mass is 497 g/mol. The van der Waals surface area contributed by atoms with Crippen LogP contribution in [0.4, 0.5) is 8.78 Å². The third kappa shape index (κ3) is 5.08. The molecule has 1 heterocycles. The van der Waals surface area contributed by atoms with Gasteiger partial charge in [-0.2, -0.15) is 0 Å². The first kappa shape index (κ1) is 21.8. The molecule has 1 N–H and O–H groups in total. The molecule has 1 atom stereocenters. The number of carbonyl (C=O) groups is 1. The number of nitrogens with zero attached hydrogens (tertiary/aromatic N) is 2. The molecule has 4 aromatic rings. The van der Waals surface area contributed by atoms with E-state index in [0.29, 0.717) is 22.0 Å². The van der Waals surface area contributed by atoms with Crippen LogP contribution in [-0.2, 0) is 17.8 Å². The van der Waals surface area contributed by atoms with Crippen molar-refractivity contribution in [3.63, 3.8) is 0 Å². The average Bonchev–Trinajstić information content (AvgIpc) is 2.76. The summed E-state index contributed by atoms with van der Waals surface area (Å²) in [5.41, 5.74) is 1.36. The maximum atomic E-state index is 13.8. The fourth-order valence-corrected chi connectivity index (χ4v) is 3.87. The van der Waals surface area contributed by atoms with Gasteiger partial charge in [0.05, 0.1) is 23.3 Å². The molecule has 162 valence electrons. The first-order chi connectivity index (χ1) is 15.4. The Morgan fingerprint density at radius 3 is 2.53 bits per heavy atom. The Morgan fingerprint density at radius 1 is 1.03 bits per heavy atom. The highest BCUT2D eigenvalue weighted by molar-refractivity contribution is 9.10. The Morgan fingerprint density at radius 2 is 1.78 bits per heavy atom. The number of halogens is 3. The summed E-state index contributed by atoms with van der Waals surface area (Å²) in [5.74, 6) is -1.29. The zero-order valence-corrected chi connectivity index (χ0v) is 18.4. The number of hydrogen-bond donors (Lipinski definition) is 1. The molecule has 0 saturated carbocycles. The maximum Gasteiger partial charge on any atom is 0.261 e. The standard InChI is InChI=1S/C24H18BrF2N3O2/c25-17-7-8-21-20(12-17)24(32)30(14-28-21)13-23(31)29-22(16-4-2-6-19(27)11-16)10-15-3-1-5-18(26)9-15/h1-9,11-12,14,22H,10,13H2,(H,29,31). The molecular formula is C24H18BrF2N3O2. The highest BCUT2D eigenvalue weighted by Gasteiger charge is 2.18. The van der Waals surface area contributed by atoms with Gasteiger partial charge in [0.15, 0.2) is 0 Å². The first-order valence-corrected chi connectivity index (χ1v) is 10.6. The van der Waals surface area contributed by atoms with E-state index in [0.717, 1.165) is 4.47 Å². The Hall–Kier alpha value is -3.39. The zero-order chi connectivity index (χ0) is 22.7. The molecule has 3 aromatic carbocycles. The van der Waals surface area contributed by atoms with E-state index in [4.69, 9.17) is 0 Å². The van der Waals surface area contributed by atoms with Gasteiger partial charge in [-0.25, -0.2) is 13.8 Å². The summed E-state index contributed by atoms with van der Waals surface area (Å²) in [7, 11) is 0. The van der Waals surface area contributed by atoms with Gasteiger partial charge in [0.1, 0.15) is 18.2 Å². The molecule has 5 nitrogen and oxygen atoms in total. The first-order valence-electron chi connectivity index (χ1n) is 9.83. The molecule has 1 unspecified atom stereocenters. The van der Waals surface area contributed by atoms with Gasteiger partial charge in [-0.05, 0) is 60.0 Å². The second-order valence-electron chi connectivity index (χ2n) is 7.35. The number of hydrogen-bond acceptors (Lipinski definition) is 3. The van der Waals surface area contributed by atoms with Crippen molar-refractivity contribution in [2.45, 2.75) is 19.0 Å². The van der Waals surface area contributed by atoms with E-state index >= 15 is 0 Å². The van der Waals surface area contributed by atoms with Crippen LogP contribution in [0.2, 0.25) is 0 Å². The number of amides is 1. The van der Waals surface area contributed by atoms with Crippen molar-refractivity contribution >= 4 is 32.7 Å². The van der Waals surface area contributed by atoms with Gasteiger partial charge in [0.2, 0.25) is 5.91 Å². The second-order valence-corrected chi connectivity index (χ2v) is 8.26. The number of fused-ring (bicyclic) bond motifs is 1. The number of nitrogens with one attached hydrogen (secondary N) is 1. The quantitative estimate of drug-likeness (QED) is 0.425. The highest BCUT2D eigenvalue weighted by atomic mass is 79.9. The van der Waals surface area contributed by atoms with Crippen LogP contribution in [0.3, 0.4) is 0 Å². The molecule has 8 heteroatoms. The average molecular weight is 498 g/mol. The maximum absolute atomic E-state index is 13.8. The van der Waals surface area contributed by atoms with Crippen LogP contribution in [0.5, 0.6) is 0 Å². The normalized spacial score (nSPS) is 12.0. The van der Waals surface area contributed by atoms with Crippen molar-refractivity contribution in [1.29, 1.82) is 0 Å². The lowest BCUT2D eigenvalue weighted by Crippen LogP contribution is -2.35. The van der Waals surface area contributed by atoms with Crippen LogP contribution >= 0.6 is 15.9 Å². The Kier molecular flexibility index (Phi) is 6.41. The number of rotatable bonds is 6. The second kappa shape index (κ2) is 9.40. The highest BCUT2D eigenvalue weighted by Crippen LogP contribution is 2.20.